The largest absolute Gasteiger partial charge is 0.493 e. The van der Waals surface area contributed by atoms with E-state index in [0.717, 1.165) is 11.3 Å². The number of rotatable bonds is 10. The topological polar surface area (TPSA) is 65.0 Å². The molecule has 0 aliphatic rings. The fraction of sp³-hybridized carbons (Fsp3) is 0.562. The molecule has 0 amide bonds. The SMILES string of the molecule is CCOc1cc(OCC)c(OCC)cc1CCCC(=O)O. The summed E-state index contributed by atoms with van der Waals surface area (Å²) in [7, 11) is 0. The Bertz CT molecular complexity index is 456. The van der Waals surface area contributed by atoms with Gasteiger partial charge in [0.05, 0.1) is 19.8 Å². The molecule has 21 heavy (non-hydrogen) atoms. The smallest absolute Gasteiger partial charge is 0.303 e. The van der Waals surface area contributed by atoms with E-state index >= 15 is 0 Å². The summed E-state index contributed by atoms with van der Waals surface area (Å²) < 4.78 is 16.8. The van der Waals surface area contributed by atoms with E-state index in [1.54, 1.807) is 0 Å². The molecule has 5 heteroatoms. The lowest BCUT2D eigenvalue weighted by molar-refractivity contribution is -0.137. The second-order valence-corrected chi connectivity index (χ2v) is 4.45. The van der Waals surface area contributed by atoms with Gasteiger partial charge >= 0.3 is 5.97 Å². The van der Waals surface area contributed by atoms with Gasteiger partial charge in [-0.05, 0) is 45.2 Å². The molecule has 0 fully saturated rings. The van der Waals surface area contributed by atoms with Crippen LogP contribution in [0.15, 0.2) is 12.1 Å². The average molecular weight is 296 g/mol. The normalized spacial score (nSPS) is 10.2. The van der Waals surface area contributed by atoms with E-state index in [1.165, 1.54) is 0 Å². The first-order chi connectivity index (χ1) is 10.1. The van der Waals surface area contributed by atoms with Gasteiger partial charge in [-0.3, -0.25) is 4.79 Å². The van der Waals surface area contributed by atoms with Gasteiger partial charge in [-0.1, -0.05) is 0 Å². The Hall–Kier alpha value is -1.91. The fourth-order valence-electron chi connectivity index (χ4n) is 2.04. The van der Waals surface area contributed by atoms with Crippen LogP contribution in [-0.4, -0.2) is 30.9 Å². The maximum Gasteiger partial charge on any atom is 0.303 e. The van der Waals surface area contributed by atoms with Gasteiger partial charge < -0.3 is 19.3 Å². The summed E-state index contributed by atoms with van der Waals surface area (Å²) in [6.45, 7) is 7.38. The Morgan fingerprint density at radius 3 is 2.00 bits per heavy atom. The number of carboxylic acids is 1. The fourth-order valence-corrected chi connectivity index (χ4v) is 2.04. The third kappa shape index (κ3) is 5.53. The van der Waals surface area contributed by atoms with E-state index in [-0.39, 0.29) is 6.42 Å². The van der Waals surface area contributed by atoms with Crippen molar-refractivity contribution < 1.29 is 24.1 Å². The number of ether oxygens (including phenoxy) is 3. The lowest BCUT2D eigenvalue weighted by atomic mass is 10.1. The van der Waals surface area contributed by atoms with E-state index in [1.807, 2.05) is 32.9 Å². The zero-order valence-electron chi connectivity index (χ0n) is 13.0. The number of benzene rings is 1. The standard InChI is InChI=1S/C16H24O5/c1-4-19-13-11-15(21-6-3)14(20-5-2)10-12(13)8-7-9-16(17)18/h10-11H,4-9H2,1-3H3,(H,17,18). The van der Waals surface area contributed by atoms with Crippen molar-refractivity contribution in [1.29, 1.82) is 0 Å². The molecule has 1 N–H and O–H groups in total. The van der Waals surface area contributed by atoms with Gasteiger partial charge in [0, 0.05) is 12.5 Å². The van der Waals surface area contributed by atoms with E-state index in [9.17, 15) is 4.79 Å². The molecule has 0 radical (unpaired) electrons. The van der Waals surface area contributed by atoms with Crippen molar-refractivity contribution in [2.75, 3.05) is 19.8 Å². The average Bonchev–Trinajstić information content (AvgIpc) is 2.43. The summed E-state index contributed by atoms with van der Waals surface area (Å²) in [4.78, 5) is 10.6. The lowest BCUT2D eigenvalue weighted by Gasteiger charge is -2.16. The van der Waals surface area contributed by atoms with Crippen molar-refractivity contribution in [2.24, 2.45) is 0 Å². The highest BCUT2D eigenvalue weighted by molar-refractivity contribution is 5.66. The molecule has 1 aromatic carbocycles. The first kappa shape index (κ1) is 17.1. The first-order valence-corrected chi connectivity index (χ1v) is 7.39. The summed E-state index contributed by atoms with van der Waals surface area (Å²) in [5.74, 6) is 1.27. The third-order valence-electron chi connectivity index (χ3n) is 2.86. The molecule has 0 spiro atoms. The second-order valence-electron chi connectivity index (χ2n) is 4.45. The van der Waals surface area contributed by atoms with Gasteiger partial charge in [0.25, 0.3) is 0 Å². The Labute approximate surface area is 125 Å². The molecule has 5 nitrogen and oxygen atoms in total. The summed E-state index contributed by atoms with van der Waals surface area (Å²) in [5.41, 5.74) is 0.949. The van der Waals surface area contributed by atoms with Crippen LogP contribution >= 0.6 is 0 Å². The molecular weight excluding hydrogens is 272 g/mol. The number of carbonyl (C=O) groups is 1. The van der Waals surface area contributed by atoms with Gasteiger partial charge in [0.2, 0.25) is 0 Å². The minimum Gasteiger partial charge on any atom is -0.493 e. The van der Waals surface area contributed by atoms with Crippen LogP contribution in [0.25, 0.3) is 0 Å². The van der Waals surface area contributed by atoms with Crippen LogP contribution in [0.5, 0.6) is 17.2 Å². The minimum atomic E-state index is -0.788. The van der Waals surface area contributed by atoms with Crippen molar-refractivity contribution in [2.45, 2.75) is 40.0 Å². The molecule has 0 atom stereocenters. The van der Waals surface area contributed by atoms with Gasteiger partial charge in [0.1, 0.15) is 5.75 Å². The first-order valence-electron chi connectivity index (χ1n) is 7.39. The van der Waals surface area contributed by atoms with E-state index in [0.29, 0.717) is 44.2 Å². The summed E-state index contributed by atoms with van der Waals surface area (Å²) in [6.07, 6.45) is 1.34. The van der Waals surface area contributed by atoms with Crippen molar-refractivity contribution in [1.82, 2.24) is 0 Å². The predicted molar refractivity (Wildman–Crippen MR) is 80.5 cm³/mol. The lowest BCUT2D eigenvalue weighted by Crippen LogP contribution is -2.04. The minimum absolute atomic E-state index is 0.142. The molecule has 0 aromatic heterocycles. The number of hydrogen-bond donors (Lipinski definition) is 1. The number of hydrogen-bond acceptors (Lipinski definition) is 4. The summed E-state index contributed by atoms with van der Waals surface area (Å²) in [5, 5.41) is 8.74. The molecular formula is C16H24O5. The zero-order chi connectivity index (χ0) is 15.7. The number of aryl methyl sites for hydroxylation is 1. The van der Waals surface area contributed by atoms with Crippen molar-refractivity contribution in [3.8, 4) is 17.2 Å². The van der Waals surface area contributed by atoms with E-state index < -0.39 is 5.97 Å². The number of aliphatic carboxylic acids is 1. The van der Waals surface area contributed by atoms with Crippen LogP contribution in [0.2, 0.25) is 0 Å². The molecule has 0 aliphatic heterocycles. The monoisotopic (exact) mass is 296 g/mol. The Morgan fingerprint density at radius 1 is 0.952 bits per heavy atom. The van der Waals surface area contributed by atoms with E-state index in [2.05, 4.69) is 0 Å². The zero-order valence-corrected chi connectivity index (χ0v) is 13.0. The molecule has 0 aliphatic carbocycles. The van der Waals surface area contributed by atoms with E-state index in [4.69, 9.17) is 19.3 Å². The summed E-state index contributed by atoms with van der Waals surface area (Å²) in [6, 6.07) is 3.72. The Kier molecular flexibility index (Phi) is 7.43. The Balaban J connectivity index is 3.00. The van der Waals surface area contributed by atoms with Crippen molar-refractivity contribution in [3.05, 3.63) is 17.7 Å². The Morgan fingerprint density at radius 2 is 1.48 bits per heavy atom. The van der Waals surface area contributed by atoms with Crippen LogP contribution in [0.1, 0.15) is 39.2 Å². The highest BCUT2D eigenvalue weighted by atomic mass is 16.5. The van der Waals surface area contributed by atoms with Crippen LogP contribution in [0, 0.1) is 0 Å². The van der Waals surface area contributed by atoms with Gasteiger partial charge in [0.15, 0.2) is 11.5 Å². The number of carboxylic acid groups (broad SMARTS) is 1. The molecule has 0 unspecified atom stereocenters. The predicted octanol–water partition coefficient (Wildman–Crippen LogP) is 3.29. The molecule has 0 heterocycles. The highest BCUT2D eigenvalue weighted by Crippen LogP contribution is 2.36. The van der Waals surface area contributed by atoms with Crippen LogP contribution < -0.4 is 14.2 Å². The third-order valence-corrected chi connectivity index (χ3v) is 2.86. The quantitative estimate of drug-likeness (QED) is 0.717. The van der Waals surface area contributed by atoms with Crippen LogP contribution in [0.3, 0.4) is 0 Å². The van der Waals surface area contributed by atoms with Gasteiger partial charge in [-0.15, -0.1) is 0 Å². The van der Waals surface area contributed by atoms with Crippen molar-refractivity contribution >= 4 is 5.97 Å². The molecule has 0 bridgehead atoms. The molecule has 0 saturated carbocycles. The highest BCUT2D eigenvalue weighted by Gasteiger charge is 2.13. The molecule has 118 valence electrons. The molecule has 1 aromatic rings. The van der Waals surface area contributed by atoms with Crippen molar-refractivity contribution in [3.63, 3.8) is 0 Å². The van der Waals surface area contributed by atoms with Crippen LogP contribution in [-0.2, 0) is 11.2 Å². The maximum atomic E-state index is 10.6. The molecule has 1 rings (SSSR count). The second kappa shape index (κ2) is 9.10. The summed E-state index contributed by atoms with van der Waals surface area (Å²) >= 11 is 0. The molecule has 0 saturated heterocycles. The van der Waals surface area contributed by atoms with Crippen LogP contribution in [0.4, 0.5) is 0 Å². The van der Waals surface area contributed by atoms with Gasteiger partial charge in [-0.2, -0.15) is 0 Å². The maximum absolute atomic E-state index is 10.6. The van der Waals surface area contributed by atoms with Gasteiger partial charge in [-0.25, -0.2) is 0 Å².